The molecule has 8 nitrogen and oxygen atoms in total. The van der Waals surface area contributed by atoms with Gasteiger partial charge in [-0.05, 0) is 30.3 Å². The van der Waals surface area contributed by atoms with Gasteiger partial charge in [0, 0.05) is 18.5 Å². The molecule has 0 atom stereocenters. The van der Waals surface area contributed by atoms with Crippen molar-refractivity contribution in [3.8, 4) is 0 Å². The number of thioether (sulfide) groups is 1. The number of amides is 2. The molecule has 0 saturated carbocycles. The number of nitrogens with zero attached hydrogens (tertiary/aromatic N) is 3. The average Bonchev–Trinajstić information content (AvgIpc) is 3.32. The number of anilines is 1. The van der Waals surface area contributed by atoms with E-state index in [1.54, 1.807) is 23.0 Å². The number of carbonyl (C=O) groups excluding carboxylic acids is 2. The van der Waals surface area contributed by atoms with Gasteiger partial charge in [0.2, 0.25) is 11.8 Å². The predicted octanol–water partition coefficient (Wildman–Crippen LogP) is 2.86. The van der Waals surface area contributed by atoms with Gasteiger partial charge in [0.1, 0.15) is 17.4 Å². The van der Waals surface area contributed by atoms with Crippen LogP contribution in [0.1, 0.15) is 18.0 Å². The number of benzene rings is 1. The van der Waals surface area contributed by atoms with Crippen LogP contribution in [0.2, 0.25) is 5.02 Å². The Bertz CT molecular complexity index is 1010. The van der Waals surface area contributed by atoms with Gasteiger partial charge < -0.3 is 15.5 Å². The number of nitrogens with one attached hydrogen (secondary N) is 1. The lowest BCUT2D eigenvalue weighted by Crippen LogP contribution is -2.16. The van der Waals surface area contributed by atoms with E-state index < -0.39 is 11.7 Å². The molecule has 2 aromatic heterocycles. The number of rotatable bonds is 9. The Morgan fingerprint density at radius 2 is 2.14 bits per heavy atom. The highest BCUT2D eigenvalue weighted by molar-refractivity contribution is 7.99. The number of nitrogens with two attached hydrogens (primary N) is 1. The fourth-order valence-electron chi connectivity index (χ4n) is 2.46. The van der Waals surface area contributed by atoms with Crippen molar-refractivity contribution in [2.75, 3.05) is 11.1 Å². The van der Waals surface area contributed by atoms with E-state index in [4.69, 9.17) is 21.8 Å². The number of furan rings is 1. The molecule has 0 aliphatic rings. The maximum atomic E-state index is 13.2. The first-order valence-electron chi connectivity index (χ1n) is 8.53. The third kappa shape index (κ3) is 5.81. The molecular weight excluding hydrogens is 421 g/mol. The monoisotopic (exact) mass is 437 g/mol. The van der Waals surface area contributed by atoms with Crippen LogP contribution in [0, 0.1) is 5.82 Å². The van der Waals surface area contributed by atoms with Crippen LogP contribution in [0.15, 0.2) is 46.2 Å². The summed E-state index contributed by atoms with van der Waals surface area (Å²) in [4.78, 5) is 23.3. The fraction of sp³-hybridized carbons (Fsp3) is 0.222. The van der Waals surface area contributed by atoms with Gasteiger partial charge in [-0.2, -0.15) is 0 Å². The first-order chi connectivity index (χ1) is 13.9. The van der Waals surface area contributed by atoms with E-state index in [1.807, 2.05) is 0 Å². The average molecular weight is 438 g/mol. The van der Waals surface area contributed by atoms with Gasteiger partial charge in [-0.3, -0.25) is 14.2 Å². The zero-order chi connectivity index (χ0) is 20.8. The van der Waals surface area contributed by atoms with Crippen LogP contribution in [-0.2, 0) is 22.6 Å². The second-order valence-corrected chi connectivity index (χ2v) is 7.35. The van der Waals surface area contributed by atoms with Crippen molar-refractivity contribution in [3.63, 3.8) is 0 Å². The summed E-state index contributed by atoms with van der Waals surface area (Å²) in [6.07, 6.45) is 2.01. The lowest BCUT2D eigenvalue weighted by Gasteiger charge is -2.09. The van der Waals surface area contributed by atoms with Crippen LogP contribution < -0.4 is 11.1 Å². The van der Waals surface area contributed by atoms with Gasteiger partial charge in [-0.15, -0.1) is 10.2 Å². The molecule has 0 spiro atoms. The minimum Gasteiger partial charge on any atom is -0.467 e. The maximum absolute atomic E-state index is 13.2. The highest BCUT2D eigenvalue weighted by atomic mass is 35.5. The van der Waals surface area contributed by atoms with Crippen molar-refractivity contribution < 1.29 is 18.4 Å². The van der Waals surface area contributed by atoms with Crippen LogP contribution in [0.4, 0.5) is 10.1 Å². The standard InChI is InChI=1S/C18H17ClFN5O3S/c19-13-8-11(3-4-14(13)20)22-17(27)10-29-18-24-23-16(6-5-15(21)26)25(18)9-12-2-1-7-28-12/h1-4,7-8H,5-6,9-10H2,(H2,21,26)(H,22,27). The number of aryl methyl sites for hydroxylation is 1. The van der Waals surface area contributed by atoms with E-state index >= 15 is 0 Å². The maximum Gasteiger partial charge on any atom is 0.234 e. The molecule has 3 rings (SSSR count). The molecule has 0 aliphatic carbocycles. The molecule has 3 N–H and O–H groups in total. The number of halogens is 2. The quantitative estimate of drug-likeness (QED) is 0.497. The summed E-state index contributed by atoms with van der Waals surface area (Å²) in [5.41, 5.74) is 5.61. The van der Waals surface area contributed by atoms with E-state index in [0.717, 1.165) is 0 Å². The zero-order valence-electron chi connectivity index (χ0n) is 15.1. The smallest absolute Gasteiger partial charge is 0.234 e. The van der Waals surface area contributed by atoms with Gasteiger partial charge in [0.15, 0.2) is 5.16 Å². The molecule has 0 aliphatic heterocycles. The van der Waals surface area contributed by atoms with E-state index in [2.05, 4.69) is 15.5 Å². The van der Waals surface area contributed by atoms with Crippen molar-refractivity contribution >= 4 is 40.9 Å². The molecule has 0 unspecified atom stereocenters. The van der Waals surface area contributed by atoms with Gasteiger partial charge >= 0.3 is 0 Å². The summed E-state index contributed by atoms with van der Waals surface area (Å²) in [7, 11) is 0. The van der Waals surface area contributed by atoms with Crippen LogP contribution in [0.3, 0.4) is 0 Å². The van der Waals surface area contributed by atoms with Crippen LogP contribution >= 0.6 is 23.4 Å². The molecule has 0 bridgehead atoms. The fourth-order valence-corrected chi connectivity index (χ4v) is 3.40. The summed E-state index contributed by atoms with van der Waals surface area (Å²) in [6.45, 7) is 0.353. The molecule has 2 heterocycles. The number of hydrogen-bond acceptors (Lipinski definition) is 6. The number of carbonyl (C=O) groups is 2. The Morgan fingerprint density at radius 3 is 2.83 bits per heavy atom. The molecule has 0 fully saturated rings. The normalized spacial score (nSPS) is 10.8. The third-order valence-electron chi connectivity index (χ3n) is 3.82. The Hall–Kier alpha value is -2.85. The minimum absolute atomic E-state index is 0.0428. The SMILES string of the molecule is NC(=O)CCc1nnc(SCC(=O)Nc2ccc(F)c(Cl)c2)n1Cc1ccco1. The van der Waals surface area contributed by atoms with Crippen LogP contribution in [0.5, 0.6) is 0 Å². The minimum atomic E-state index is -0.562. The number of hydrogen-bond donors (Lipinski definition) is 2. The second kappa shape index (κ2) is 9.57. The largest absolute Gasteiger partial charge is 0.467 e. The molecule has 3 aromatic rings. The van der Waals surface area contributed by atoms with Crippen molar-refractivity contribution in [2.45, 2.75) is 24.5 Å². The highest BCUT2D eigenvalue weighted by Gasteiger charge is 2.16. The van der Waals surface area contributed by atoms with E-state index in [1.165, 1.54) is 30.0 Å². The summed E-state index contributed by atoms with van der Waals surface area (Å²) < 4.78 is 20.4. The summed E-state index contributed by atoms with van der Waals surface area (Å²) in [5.74, 6) is -0.0338. The van der Waals surface area contributed by atoms with Crippen molar-refractivity contribution in [1.82, 2.24) is 14.8 Å². The van der Waals surface area contributed by atoms with Crippen LogP contribution in [0.25, 0.3) is 0 Å². The zero-order valence-corrected chi connectivity index (χ0v) is 16.7. The van der Waals surface area contributed by atoms with Crippen molar-refractivity contribution in [1.29, 1.82) is 0 Å². The first-order valence-corrected chi connectivity index (χ1v) is 9.89. The van der Waals surface area contributed by atoms with Gasteiger partial charge in [0.05, 0.1) is 23.6 Å². The van der Waals surface area contributed by atoms with E-state index in [9.17, 15) is 14.0 Å². The van der Waals surface area contributed by atoms with E-state index in [-0.39, 0.29) is 23.1 Å². The molecular formula is C18H17ClFN5O3S. The Morgan fingerprint density at radius 1 is 1.31 bits per heavy atom. The molecule has 2 amide bonds. The second-order valence-electron chi connectivity index (χ2n) is 6.00. The van der Waals surface area contributed by atoms with Gasteiger partial charge in [0.25, 0.3) is 0 Å². The molecule has 0 radical (unpaired) electrons. The third-order valence-corrected chi connectivity index (χ3v) is 5.07. The number of aromatic nitrogens is 3. The van der Waals surface area contributed by atoms with Crippen molar-refractivity contribution in [3.05, 3.63) is 59.0 Å². The lowest BCUT2D eigenvalue weighted by atomic mass is 10.3. The molecule has 29 heavy (non-hydrogen) atoms. The summed E-state index contributed by atoms with van der Waals surface area (Å²) >= 11 is 6.89. The van der Waals surface area contributed by atoms with Crippen LogP contribution in [-0.4, -0.2) is 32.3 Å². The molecule has 1 aromatic carbocycles. The molecule has 0 saturated heterocycles. The first kappa shape index (κ1) is 20.9. The predicted molar refractivity (Wildman–Crippen MR) is 106 cm³/mol. The molecule has 152 valence electrons. The van der Waals surface area contributed by atoms with Crippen molar-refractivity contribution in [2.24, 2.45) is 5.73 Å². The lowest BCUT2D eigenvalue weighted by molar-refractivity contribution is -0.118. The highest BCUT2D eigenvalue weighted by Crippen LogP contribution is 2.22. The Labute approximate surface area is 174 Å². The number of primary amides is 1. The summed E-state index contributed by atoms with van der Waals surface area (Å²) in [6, 6.07) is 7.50. The van der Waals surface area contributed by atoms with Gasteiger partial charge in [-0.1, -0.05) is 23.4 Å². The topological polar surface area (TPSA) is 116 Å². The Balaban J connectivity index is 1.67. The summed E-state index contributed by atoms with van der Waals surface area (Å²) in [5, 5.41) is 11.3. The van der Waals surface area contributed by atoms with E-state index in [0.29, 0.717) is 35.4 Å². The molecule has 11 heteroatoms. The van der Waals surface area contributed by atoms with Gasteiger partial charge in [-0.25, -0.2) is 4.39 Å². The Kier molecular flexibility index (Phi) is 6.89.